The first-order valence-corrected chi connectivity index (χ1v) is 10.3. The summed E-state index contributed by atoms with van der Waals surface area (Å²) < 4.78 is 44.5. The second-order valence-electron chi connectivity index (χ2n) is 6.55. The minimum absolute atomic E-state index is 0.112. The fraction of sp³-hybridized carbons (Fsp3) is 0.300. The minimum Gasteiger partial charge on any atom is -0.451 e. The van der Waals surface area contributed by atoms with Crippen LogP contribution in [0.3, 0.4) is 0 Å². The van der Waals surface area contributed by atoms with Crippen molar-refractivity contribution in [2.75, 3.05) is 13.1 Å². The van der Waals surface area contributed by atoms with Crippen molar-refractivity contribution in [1.82, 2.24) is 4.31 Å². The Balaban J connectivity index is 1.67. The number of ketones is 1. The van der Waals surface area contributed by atoms with Crippen molar-refractivity contribution in [3.8, 4) is 0 Å². The summed E-state index contributed by atoms with van der Waals surface area (Å²) in [6.07, 6.45) is 0.610. The predicted molar refractivity (Wildman–Crippen MR) is 100 cm³/mol. The lowest BCUT2D eigenvalue weighted by atomic mass is 10.1. The van der Waals surface area contributed by atoms with Gasteiger partial charge >= 0.3 is 5.97 Å². The number of benzene rings is 2. The van der Waals surface area contributed by atoms with Gasteiger partial charge in [-0.15, -0.1) is 0 Å². The quantitative estimate of drug-likeness (QED) is 0.545. The zero-order chi connectivity index (χ0) is 20.3. The Hall–Kier alpha value is -2.58. The normalized spacial score (nSPS) is 15.9. The molecule has 6 nitrogen and oxygen atoms in total. The molecule has 0 radical (unpaired) electrons. The van der Waals surface area contributed by atoms with Gasteiger partial charge in [0.25, 0.3) is 0 Å². The number of hydrogen-bond acceptors (Lipinski definition) is 5. The molecule has 1 fully saturated rings. The summed E-state index contributed by atoms with van der Waals surface area (Å²) in [5.41, 5.74) is 0.368. The van der Waals surface area contributed by atoms with E-state index in [0.717, 1.165) is 25.0 Å². The summed E-state index contributed by atoms with van der Waals surface area (Å²) in [7, 11) is -3.56. The maximum atomic E-state index is 13.0. The van der Waals surface area contributed by atoms with Crippen LogP contribution >= 0.6 is 0 Å². The lowest BCUT2D eigenvalue weighted by molar-refractivity contribution is 0.0318. The van der Waals surface area contributed by atoms with Gasteiger partial charge in [-0.25, -0.2) is 17.6 Å². The molecular formula is C20H20FNO5S. The van der Waals surface area contributed by atoms with E-state index in [2.05, 4.69) is 0 Å². The number of rotatable bonds is 6. The number of carbonyl (C=O) groups is 2. The molecule has 1 heterocycles. The van der Waals surface area contributed by atoms with Crippen LogP contribution in [0.25, 0.3) is 0 Å². The number of hydrogen-bond donors (Lipinski definition) is 0. The number of carbonyl (C=O) groups excluding carboxylic acids is 2. The molecule has 8 heteroatoms. The highest BCUT2D eigenvalue weighted by Gasteiger charge is 2.27. The van der Waals surface area contributed by atoms with Crippen molar-refractivity contribution in [3.05, 3.63) is 65.5 Å². The van der Waals surface area contributed by atoms with E-state index in [1.807, 2.05) is 0 Å². The fourth-order valence-electron chi connectivity index (χ4n) is 2.97. The van der Waals surface area contributed by atoms with E-state index in [-0.39, 0.29) is 16.0 Å². The van der Waals surface area contributed by atoms with Crippen LogP contribution in [0.2, 0.25) is 0 Å². The van der Waals surface area contributed by atoms with Crippen LogP contribution in [0.4, 0.5) is 4.39 Å². The van der Waals surface area contributed by atoms with E-state index in [4.69, 9.17) is 4.74 Å². The highest BCUT2D eigenvalue weighted by atomic mass is 32.2. The molecule has 2 aromatic rings. The van der Waals surface area contributed by atoms with Gasteiger partial charge in [0.15, 0.2) is 6.10 Å². The number of halogens is 1. The van der Waals surface area contributed by atoms with E-state index in [9.17, 15) is 22.4 Å². The molecule has 0 N–H and O–H groups in total. The first-order valence-electron chi connectivity index (χ1n) is 8.90. The van der Waals surface area contributed by atoms with E-state index >= 15 is 0 Å². The SMILES string of the molecule is CC(OC(=O)c1ccc(S(=O)(=O)N2CCCC2)cc1)C(=O)c1ccc(F)cc1. The van der Waals surface area contributed by atoms with Crippen LogP contribution in [0.1, 0.15) is 40.5 Å². The molecule has 1 aliphatic heterocycles. The van der Waals surface area contributed by atoms with Gasteiger partial charge in [-0.1, -0.05) is 0 Å². The van der Waals surface area contributed by atoms with Crippen LogP contribution in [-0.4, -0.2) is 43.7 Å². The van der Waals surface area contributed by atoms with Crippen LogP contribution < -0.4 is 0 Å². The fourth-order valence-corrected chi connectivity index (χ4v) is 4.49. The highest BCUT2D eigenvalue weighted by molar-refractivity contribution is 7.89. The van der Waals surface area contributed by atoms with Crippen LogP contribution in [0.5, 0.6) is 0 Å². The highest BCUT2D eigenvalue weighted by Crippen LogP contribution is 2.21. The maximum Gasteiger partial charge on any atom is 0.338 e. The third-order valence-corrected chi connectivity index (χ3v) is 6.49. The Kier molecular flexibility index (Phi) is 5.90. The topological polar surface area (TPSA) is 80.8 Å². The summed E-state index contributed by atoms with van der Waals surface area (Å²) >= 11 is 0. The summed E-state index contributed by atoms with van der Waals surface area (Å²) in [5.74, 6) is -1.67. The Morgan fingerprint density at radius 3 is 2.07 bits per heavy atom. The van der Waals surface area contributed by atoms with Crippen LogP contribution in [0, 0.1) is 5.82 Å². The first-order chi connectivity index (χ1) is 13.3. The van der Waals surface area contributed by atoms with Crippen molar-refractivity contribution in [2.24, 2.45) is 0 Å². The monoisotopic (exact) mass is 405 g/mol. The third kappa shape index (κ3) is 4.28. The van der Waals surface area contributed by atoms with Gasteiger partial charge in [0.05, 0.1) is 10.5 Å². The van der Waals surface area contributed by atoms with E-state index in [0.29, 0.717) is 13.1 Å². The molecule has 0 saturated carbocycles. The molecule has 0 aromatic heterocycles. The zero-order valence-electron chi connectivity index (χ0n) is 15.3. The van der Waals surface area contributed by atoms with Crippen molar-refractivity contribution >= 4 is 21.8 Å². The second-order valence-corrected chi connectivity index (χ2v) is 8.49. The van der Waals surface area contributed by atoms with Gasteiger partial charge in [0.2, 0.25) is 15.8 Å². The molecule has 0 aliphatic carbocycles. The van der Waals surface area contributed by atoms with Crippen molar-refractivity contribution in [2.45, 2.75) is 30.8 Å². The number of ether oxygens (including phenoxy) is 1. The van der Waals surface area contributed by atoms with E-state index in [1.54, 1.807) is 0 Å². The molecule has 2 aromatic carbocycles. The Bertz CT molecular complexity index is 965. The van der Waals surface area contributed by atoms with E-state index < -0.39 is 33.7 Å². The summed E-state index contributed by atoms with van der Waals surface area (Å²) in [4.78, 5) is 24.7. The Morgan fingerprint density at radius 1 is 0.964 bits per heavy atom. The molecule has 1 atom stereocenters. The average molecular weight is 405 g/mol. The van der Waals surface area contributed by atoms with Gasteiger partial charge in [0.1, 0.15) is 5.82 Å². The van der Waals surface area contributed by atoms with Crippen LogP contribution in [-0.2, 0) is 14.8 Å². The molecule has 28 heavy (non-hydrogen) atoms. The van der Waals surface area contributed by atoms with Crippen molar-refractivity contribution in [1.29, 1.82) is 0 Å². The summed E-state index contributed by atoms with van der Waals surface area (Å²) in [5, 5.41) is 0. The molecular weight excluding hydrogens is 385 g/mol. The molecule has 3 rings (SSSR count). The zero-order valence-corrected chi connectivity index (χ0v) is 16.1. The lowest BCUT2D eigenvalue weighted by Gasteiger charge is -2.16. The number of sulfonamides is 1. The van der Waals surface area contributed by atoms with Crippen LogP contribution in [0.15, 0.2) is 53.4 Å². The van der Waals surface area contributed by atoms with Crippen molar-refractivity contribution < 1.29 is 27.1 Å². The Morgan fingerprint density at radius 2 is 1.50 bits per heavy atom. The molecule has 0 bridgehead atoms. The molecule has 0 spiro atoms. The lowest BCUT2D eigenvalue weighted by Crippen LogP contribution is -2.28. The van der Waals surface area contributed by atoms with Gasteiger partial charge in [-0.2, -0.15) is 4.31 Å². The molecule has 1 unspecified atom stereocenters. The largest absolute Gasteiger partial charge is 0.451 e. The number of nitrogens with zero attached hydrogens (tertiary/aromatic N) is 1. The summed E-state index contributed by atoms with van der Waals surface area (Å²) in [6.45, 7) is 2.42. The Labute approximate surface area is 163 Å². The standard InChI is InChI=1S/C20H20FNO5S/c1-14(19(23)15-4-8-17(21)9-5-15)27-20(24)16-6-10-18(11-7-16)28(25,26)22-12-2-3-13-22/h4-11,14H,2-3,12-13H2,1H3. The predicted octanol–water partition coefficient (Wildman–Crippen LogP) is 3.04. The number of Topliss-reactive ketones (excluding diaryl/α,β-unsaturated/α-hetero) is 1. The van der Waals surface area contributed by atoms with Gasteiger partial charge in [-0.05, 0) is 68.3 Å². The summed E-state index contributed by atoms with van der Waals surface area (Å²) in [6, 6.07) is 10.4. The third-order valence-electron chi connectivity index (χ3n) is 4.57. The maximum absolute atomic E-state index is 13.0. The molecule has 1 aliphatic rings. The number of esters is 1. The average Bonchev–Trinajstić information content (AvgIpc) is 3.24. The molecule has 1 saturated heterocycles. The minimum atomic E-state index is -3.56. The molecule has 148 valence electrons. The molecule has 0 amide bonds. The first kappa shape index (κ1) is 20.2. The smallest absolute Gasteiger partial charge is 0.338 e. The van der Waals surface area contributed by atoms with Gasteiger partial charge < -0.3 is 4.74 Å². The van der Waals surface area contributed by atoms with E-state index in [1.165, 1.54) is 47.6 Å². The van der Waals surface area contributed by atoms with Crippen molar-refractivity contribution in [3.63, 3.8) is 0 Å². The van der Waals surface area contributed by atoms with Gasteiger partial charge in [0, 0.05) is 18.7 Å². The van der Waals surface area contributed by atoms with Gasteiger partial charge in [-0.3, -0.25) is 4.79 Å². The second kappa shape index (κ2) is 8.20.